The van der Waals surface area contributed by atoms with Crippen molar-refractivity contribution in [3.05, 3.63) is 77.1 Å². The van der Waals surface area contributed by atoms with Gasteiger partial charge in [0.2, 0.25) is 5.82 Å². The van der Waals surface area contributed by atoms with Crippen molar-refractivity contribution < 1.29 is 13.2 Å². The molecule has 0 spiro atoms. The van der Waals surface area contributed by atoms with Crippen LogP contribution in [0.5, 0.6) is 0 Å². The van der Waals surface area contributed by atoms with Gasteiger partial charge in [-0.05, 0) is 41.3 Å². The molecule has 1 fully saturated rings. The summed E-state index contributed by atoms with van der Waals surface area (Å²) in [6.07, 6.45) is 7.16. The molecule has 9 nitrogen and oxygen atoms in total. The average Bonchev–Trinajstić information content (AvgIpc) is 2.89. The third-order valence-corrected chi connectivity index (χ3v) is 8.55. The fourth-order valence-electron chi connectivity index (χ4n) is 4.29. The maximum absolute atomic E-state index is 13.2. The third-order valence-electron chi connectivity index (χ3n) is 6.21. The molecule has 0 aliphatic carbocycles. The molecule has 2 aromatic heterocycles. The number of hydrogen-bond acceptors (Lipinski definition) is 6. The van der Waals surface area contributed by atoms with Crippen LogP contribution < -0.4 is 0 Å². The number of nitrogens with zero attached hydrogens (tertiary/aromatic N) is 6. The molecular weight excluding hydrogens is 476 g/mol. The first kappa shape index (κ1) is 22.9. The monoisotopic (exact) mass is 498 g/mol. The molecule has 0 bridgehead atoms. The van der Waals surface area contributed by atoms with Crippen molar-refractivity contribution >= 4 is 27.7 Å². The zero-order chi connectivity index (χ0) is 23.7. The molecule has 5 rings (SSSR count). The fraction of sp³-hybridized carbons (Fsp3) is 0.304. The summed E-state index contributed by atoms with van der Waals surface area (Å²) in [5.74, 6) is -0.210. The van der Waals surface area contributed by atoms with E-state index in [9.17, 15) is 13.2 Å². The standard InChI is InChI=1S/C23H23ClN6O3S/c24-21-3-1-2-18-16-30(9-6-20(18)21)34(32,33)29-12-10-28(11-13-29)23(31)22-26-14-19(15-27-22)17-4-7-25-8-5-17/h1-5,7-8,14-15H,6,9-13,16H2. The largest absolute Gasteiger partial charge is 0.333 e. The number of piperazine rings is 1. The van der Waals surface area contributed by atoms with Crippen LogP contribution in [0.1, 0.15) is 21.7 Å². The number of pyridine rings is 1. The quantitative estimate of drug-likeness (QED) is 0.547. The van der Waals surface area contributed by atoms with Crippen LogP contribution >= 0.6 is 11.6 Å². The number of carbonyl (C=O) groups excluding carboxylic acids is 1. The average molecular weight is 499 g/mol. The minimum Gasteiger partial charge on any atom is -0.333 e. The predicted molar refractivity (Wildman–Crippen MR) is 127 cm³/mol. The summed E-state index contributed by atoms with van der Waals surface area (Å²) in [6, 6.07) is 9.27. The highest BCUT2D eigenvalue weighted by Gasteiger charge is 2.35. The summed E-state index contributed by atoms with van der Waals surface area (Å²) in [6.45, 7) is 1.70. The summed E-state index contributed by atoms with van der Waals surface area (Å²) >= 11 is 6.26. The second kappa shape index (κ2) is 9.38. The van der Waals surface area contributed by atoms with Gasteiger partial charge in [-0.2, -0.15) is 17.0 Å². The van der Waals surface area contributed by atoms with Crippen LogP contribution in [0.4, 0.5) is 0 Å². The summed E-state index contributed by atoms with van der Waals surface area (Å²) in [5, 5.41) is 0.678. The van der Waals surface area contributed by atoms with Gasteiger partial charge in [0.25, 0.3) is 16.1 Å². The topological polar surface area (TPSA) is 99.6 Å². The van der Waals surface area contributed by atoms with E-state index in [1.165, 1.54) is 8.61 Å². The molecule has 3 aromatic rings. The lowest BCUT2D eigenvalue weighted by atomic mass is 10.0. The molecule has 11 heteroatoms. The Hall–Kier alpha value is -2.92. The highest BCUT2D eigenvalue weighted by molar-refractivity contribution is 7.86. The zero-order valence-corrected chi connectivity index (χ0v) is 19.9. The van der Waals surface area contributed by atoms with Gasteiger partial charge in [0.15, 0.2) is 0 Å². The molecule has 34 heavy (non-hydrogen) atoms. The second-order valence-corrected chi connectivity index (χ2v) is 10.5. The van der Waals surface area contributed by atoms with E-state index in [4.69, 9.17) is 11.6 Å². The first-order chi connectivity index (χ1) is 16.4. The molecule has 2 aliphatic rings. The predicted octanol–water partition coefficient (Wildman–Crippen LogP) is 2.25. The SMILES string of the molecule is O=C(c1ncc(-c2ccncc2)cn1)N1CCN(S(=O)(=O)N2CCc3c(Cl)cccc3C2)CC1. The first-order valence-electron chi connectivity index (χ1n) is 11.0. The summed E-state index contributed by atoms with van der Waals surface area (Å²) in [7, 11) is -3.64. The highest BCUT2D eigenvalue weighted by atomic mass is 35.5. The van der Waals surface area contributed by atoms with E-state index in [-0.39, 0.29) is 37.9 Å². The van der Waals surface area contributed by atoms with Crippen LogP contribution in [0.3, 0.4) is 0 Å². The number of amides is 1. The van der Waals surface area contributed by atoms with Crippen LogP contribution in [-0.4, -0.2) is 75.5 Å². The molecule has 1 saturated heterocycles. The molecule has 0 N–H and O–H groups in total. The molecule has 0 saturated carbocycles. The van der Waals surface area contributed by atoms with Crippen LogP contribution in [0, 0.1) is 0 Å². The smallest absolute Gasteiger partial charge is 0.291 e. The van der Waals surface area contributed by atoms with E-state index < -0.39 is 10.2 Å². The van der Waals surface area contributed by atoms with Crippen molar-refractivity contribution in [1.29, 1.82) is 0 Å². The van der Waals surface area contributed by atoms with Crippen molar-refractivity contribution in [3.8, 4) is 11.1 Å². The number of fused-ring (bicyclic) bond motifs is 1. The maximum Gasteiger partial charge on any atom is 0.291 e. The molecule has 176 valence electrons. The number of aromatic nitrogens is 3. The van der Waals surface area contributed by atoms with Gasteiger partial charge in [-0.3, -0.25) is 9.78 Å². The Morgan fingerprint density at radius 2 is 1.59 bits per heavy atom. The van der Waals surface area contributed by atoms with Crippen LogP contribution in [0.2, 0.25) is 5.02 Å². The molecule has 0 atom stereocenters. The van der Waals surface area contributed by atoms with Gasteiger partial charge < -0.3 is 4.90 Å². The lowest BCUT2D eigenvalue weighted by Gasteiger charge is -2.38. The molecule has 4 heterocycles. The van der Waals surface area contributed by atoms with Gasteiger partial charge in [-0.25, -0.2) is 9.97 Å². The first-order valence-corrected chi connectivity index (χ1v) is 12.7. The maximum atomic E-state index is 13.2. The van der Waals surface area contributed by atoms with Gasteiger partial charge >= 0.3 is 0 Å². The summed E-state index contributed by atoms with van der Waals surface area (Å²) in [4.78, 5) is 26.9. The number of hydrogen-bond donors (Lipinski definition) is 0. The lowest BCUT2D eigenvalue weighted by molar-refractivity contribution is 0.0681. The van der Waals surface area contributed by atoms with E-state index in [2.05, 4.69) is 15.0 Å². The third kappa shape index (κ3) is 4.41. The number of rotatable bonds is 4. The second-order valence-electron chi connectivity index (χ2n) is 8.19. The Bertz CT molecular complexity index is 1300. The highest BCUT2D eigenvalue weighted by Crippen LogP contribution is 2.28. The summed E-state index contributed by atoms with van der Waals surface area (Å²) in [5.41, 5.74) is 3.65. The number of halogens is 1. The van der Waals surface area contributed by atoms with Gasteiger partial charge in [0.05, 0.1) is 0 Å². The van der Waals surface area contributed by atoms with Gasteiger partial charge in [-0.15, -0.1) is 0 Å². The lowest BCUT2D eigenvalue weighted by Crippen LogP contribution is -2.54. The Labute approximate surface area is 203 Å². The van der Waals surface area contributed by atoms with Crippen LogP contribution in [0.25, 0.3) is 11.1 Å². The normalized spacial score (nSPS) is 17.4. The van der Waals surface area contributed by atoms with E-state index in [1.54, 1.807) is 29.7 Å². The van der Waals surface area contributed by atoms with Crippen molar-refractivity contribution in [3.63, 3.8) is 0 Å². The fourth-order valence-corrected chi connectivity index (χ4v) is 6.16. The van der Waals surface area contributed by atoms with Gasteiger partial charge in [0, 0.05) is 74.6 Å². The number of carbonyl (C=O) groups is 1. The van der Waals surface area contributed by atoms with Crippen molar-refractivity contribution in [2.45, 2.75) is 13.0 Å². The van der Waals surface area contributed by atoms with Crippen LogP contribution in [-0.2, 0) is 23.2 Å². The van der Waals surface area contributed by atoms with Crippen LogP contribution in [0.15, 0.2) is 55.1 Å². The molecule has 0 radical (unpaired) electrons. The van der Waals surface area contributed by atoms with E-state index >= 15 is 0 Å². The molecule has 2 aliphatic heterocycles. The Morgan fingerprint density at radius 3 is 2.29 bits per heavy atom. The van der Waals surface area contributed by atoms with Crippen molar-refractivity contribution in [1.82, 2.24) is 28.5 Å². The zero-order valence-electron chi connectivity index (χ0n) is 18.3. The molecule has 1 aromatic carbocycles. The Balaban J connectivity index is 1.22. The molecule has 1 amide bonds. The minimum atomic E-state index is -3.64. The van der Waals surface area contributed by atoms with Crippen molar-refractivity contribution in [2.24, 2.45) is 0 Å². The van der Waals surface area contributed by atoms with Gasteiger partial charge in [-0.1, -0.05) is 23.7 Å². The number of benzene rings is 1. The molecule has 0 unspecified atom stereocenters. The van der Waals surface area contributed by atoms with E-state index in [0.717, 1.165) is 22.3 Å². The van der Waals surface area contributed by atoms with Gasteiger partial charge in [0.1, 0.15) is 0 Å². The molecular formula is C23H23ClN6O3S. The Morgan fingerprint density at radius 1 is 0.882 bits per heavy atom. The summed E-state index contributed by atoms with van der Waals surface area (Å²) < 4.78 is 29.4. The van der Waals surface area contributed by atoms with E-state index in [1.807, 2.05) is 30.3 Å². The van der Waals surface area contributed by atoms with E-state index in [0.29, 0.717) is 24.5 Å². The van der Waals surface area contributed by atoms with Crippen molar-refractivity contribution in [2.75, 3.05) is 32.7 Å². The minimum absolute atomic E-state index is 0.0960. The Kier molecular flexibility index (Phi) is 6.30.